The molecule has 1 aromatic carbocycles. The SMILES string of the molecule is CCCCCCC/C=C/c1cc(C(=C/N)/C=N/C(F)(F)F)ccc1C(O)CCCC(=O)OCl. The van der Waals surface area contributed by atoms with Crippen molar-refractivity contribution in [2.24, 2.45) is 10.7 Å². The largest absolute Gasteiger partial charge is 0.503 e. The molecule has 33 heavy (non-hydrogen) atoms. The van der Waals surface area contributed by atoms with Crippen molar-refractivity contribution in [3.8, 4) is 0 Å². The van der Waals surface area contributed by atoms with E-state index in [-0.39, 0.29) is 18.4 Å². The predicted octanol–water partition coefficient (Wildman–Crippen LogP) is 6.85. The molecular weight excluding hydrogens is 457 g/mol. The predicted molar refractivity (Wildman–Crippen MR) is 126 cm³/mol. The monoisotopic (exact) mass is 488 g/mol. The van der Waals surface area contributed by atoms with Gasteiger partial charge >= 0.3 is 12.3 Å². The molecule has 0 saturated carbocycles. The summed E-state index contributed by atoms with van der Waals surface area (Å²) < 4.78 is 41.5. The summed E-state index contributed by atoms with van der Waals surface area (Å²) in [5.41, 5.74) is 7.33. The molecule has 1 unspecified atom stereocenters. The highest BCUT2D eigenvalue weighted by molar-refractivity contribution is 6.13. The van der Waals surface area contributed by atoms with Gasteiger partial charge in [0.15, 0.2) is 0 Å². The zero-order valence-electron chi connectivity index (χ0n) is 18.8. The Morgan fingerprint density at radius 3 is 2.61 bits per heavy atom. The summed E-state index contributed by atoms with van der Waals surface area (Å²) in [6.45, 7) is 2.15. The van der Waals surface area contributed by atoms with Gasteiger partial charge < -0.3 is 15.1 Å². The minimum atomic E-state index is -4.70. The number of halogens is 4. The molecule has 0 fully saturated rings. The van der Waals surface area contributed by atoms with Gasteiger partial charge in [0.25, 0.3) is 0 Å². The molecule has 1 rings (SSSR count). The lowest BCUT2D eigenvalue weighted by atomic mass is 9.94. The van der Waals surface area contributed by atoms with Crippen LogP contribution in [0.25, 0.3) is 11.6 Å². The first-order valence-electron chi connectivity index (χ1n) is 11.1. The van der Waals surface area contributed by atoms with Crippen molar-refractivity contribution in [2.45, 2.75) is 77.1 Å². The van der Waals surface area contributed by atoms with Gasteiger partial charge in [-0.05, 0) is 48.4 Å². The fourth-order valence-electron chi connectivity index (χ4n) is 3.27. The van der Waals surface area contributed by atoms with Crippen molar-refractivity contribution in [2.75, 3.05) is 0 Å². The number of allylic oxidation sites excluding steroid dienone is 2. The minimum Gasteiger partial charge on any atom is -0.404 e. The molecule has 0 aromatic heterocycles. The van der Waals surface area contributed by atoms with E-state index in [4.69, 9.17) is 17.6 Å². The van der Waals surface area contributed by atoms with Crippen LogP contribution in [-0.2, 0) is 9.08 Å². The Labute approximate surface area is 198 Å². The van der Waals surface area contributed by atoms with Crippen molar-refractivity contribution in [1.29, 1.82) is 0 Å². The van der Waals surface area contributed by atoms with E-state index >= 15 is 0 Å². The first kappa shape index (κ1) is 28.7. The topological polar surface area (TPSA) is 84.9 Å². The second-order valence-corrected chi connectivity index (χ2v) is 7.81. The molecule has 0 spiro atoms. The third-order valence-electron chi connectivity index (χ3n) is 5.02. The fourth-order valence-corrected chi connectivity index (χ4v) is 3.35. The molecule has 0 amide bonds. The molecule has 0 saturated heterocycles. The van der Waals surface area contributed by atoms with E-state index in [1.54, 1.807) is 18.2 Å². The lowest BCUT2D eigenvalue weighted by Crippen LogP contribution is -2.05. The summed E-state index contributed by atoms with van der Waals surface area (Å²) in [4.78, 5) is 13.8. The van der Waals surface area contributed by atoms with Crippen LogP contribution < -0.4 is 5.73 Å². The summed E-state index contributed by atoms with van der Waals surface area (Å²) in [6.07, 6.45) is 7.26. The zero-order chi connectivity index (χ0) is 24.7. The number of rotatable bonds is 14. The molecule has 184 valence electrons. The summed E-state index contributed by atoms with van der Waals surface area (Å²) >= 11 is 5.02. The van der Waals surface area contributed by atoms with Crippen molar-refractivity contribution in [3.05, 3.63) is 47.2 Å². The third kappa shape index (κ3) is 11.9. The van der Waals surface area contributed by atoms with Gasteiger partial charge in [-0.25, -0.2) is 0 Å². The molecule has 0 aliphatic carbocycles. The second-order valence-electron chi connectivity index (χ2n) is 7.65. The number of alkyl halides is 3. The highest BCUT2D eigenvalue weighted by Crippen LogP contribution is 2.28. The number of carbonyl (C=O) groups is 1. The van der Waals surface area contributed by atoms with Crippen molar-refractivity contribution in [3.63, 3.8) is 0 Å². The number of aliphatic imine (C=N–C) groups is 1. The standard InChI is InChI=1S/C24H32ClF3N2O3/c1-2-3-4-5-6-7-8-10-19-15-18(20(16-29)17-30-24(26,27)28)13-14-21(19)22(31)11-9-12-23(32)33-25/h8,10,13-17,22,31H,2-7,9,11-12,29H2,1H3/b10-8+,20-16+,30-17+. The number of hydrogen-bond acceptors (Lipinski definition) is 5. The number of aliphatic hydroxyl groups excluding tert-OH is 1. The fraction of sp³-hybridized carbons (Fsp3) is 0.500. The molecule has 3 N–H and O–H groups in total. The Hall–Kier alpha value is -2.32. The van der Waals surface area contributed by atoms with E-state index in [1.165, 1.54) is 19.3 Å². The highest BCUT2D eigenvalue weighted by Gasteiger charge is 2.25. The van der Waals surface area contributed by atoms with E-state index in [9.17, 15) is 23.1 Å². The van der Waals surface area contributed by atoms with Crippen LogP contribution in [0.4, 0.5) is 13.2 Å². The van der Waals surface area contributed by atoms with Crippen molar-refractivity contribution in [1.82, 2.24) is 0 Å². The van der Waals surface area contributed by atoms with Crippen LogP contribution in [0.5, 0.6) is 0 Å². The number of aliphatic hydroxyl groups is 1. The zero-order valence-corrected chi connectivity index (χ0v) is 19.5. The summed E-state index contributed by atoms with van der Waals surface area (Å²) in [7, 11) is 0. The Morgan fingerprint density at radius 1 is 1.24 bits per heavy atom. The molecular formula is C24H32ClF3N2O3. The third-order valence-corrected chi connectivity index (χ3v) is 5.20. The lowest BCUT2D eigenvalue weighted by Gasteiger charge is -2.15. The average Bonchev–Trinajstić information content (AvgIpc) is 2.78. The second kappa shape index (κ2) is 15.5. The number of unbranched alkanes of at least 4 members (excludes halogenated alkanes) is 5. The Morgan fingerprint density at radius 2 is 1.97 bits per heavy atom. The van der Waals surface area contributed by atoms with Gasteiger partial charge in [-0.15, -0.1) is 13.2 Å². The number of hydrogen-bond donors (Lipinski definition) is 2. The molecule has 5 nitrogen and oxygen atoms in total. The van der Waals surface area contributed by atoms with Gasteiger partial charge in [0, 0.05) is 24.4 Å². The van der Waals surface area contributed by atoms with Crippen molar-refractivity contribution >= 4 is 35.7 Å². The Balaban J connectivity index is 3.06. The average molecular weight is 489 g/mol. The van der Waals surface area contributed by atoms with Crippen LogP contribution in [0.3, 0.4) is 0 Å². The number of nitrogens with zero attached hydrogens (tertiary/aromatic N) is 1. The summed E-state index contributed by atoms with van der Waals surface area (Å²) in [5.74, 6) is -0.580. The van der Waals surface area contributed by atoms with Crippen molar-refractivity contribution < 1.29 is 27.4 Å². The first-order chi connectivity index (χ1) is 15.7. The van der Waals surface area contributed by atoms with E-state index in [0.717, 1.165) is 25.5 Å². The number of benzene rings is 1. The van der Waals surface area contributed by atoms with Gasteiger partial charge in [-0.3, -0.25) is 4.79 Å². The highest BCUT2D eigenvalue weighted by atomic mass is 35.5. The Kier molecular flexibility index (Phi) is 13.5. The van der Waals surface area contributed by atoms with Crippen LogP contribution in [0, 0.1) is 0 Å². The van der Waals surface area contributed by atoms with Gasteiger partial charge in [-0.2, -0.15) is 4.99 Å². The van der Waals surface area contributed by atoms with Crippen LogP contribution in [-0.4, -0.2) is 23.6 Å². The van der Waals surface area contributed by atoms with E-state index < -0.39 is 18.4 Å². The van der Waals surface area contributed by atoms with Gasteiger partial charge in [-0.1, -0.05) is 56.9 Å². The maximum Gasteiger partial charge on any atom is 0.503 e. The minimum absolute atomic E-state index is 0.0650. The Bertz CT molecular complexity index is 824. The molecule has 9 heteroatoms. The maximum absolute atomic E-state index is 12.5. The molecule has 0 radical (unpaired) electrons. The molecule has 0 bridgehead atoms. The van der Waals surface area contributed by atoms with Crippen LogP contribution in [0.2, 0.25) is 0 Å². The molecule has 0 heterocycles. The maximum atomic E-state index is 12.5. The normalized spacial score (nSPS) is 13.7. The summed E-state index contributed by atoms with van der Waals surface area (Å²) in [6, 6.07) is 4.89. The molecule has 1 atom stereocenters. The van der Waals surface area contributed by atoms with Gasteiger partial charge in [0.05, 0.1) is 6.10 Å². The molecule has 0 aliphatic rings. The van der Waals surface area contributed by atoms with Crippen LogP contribution in [0.15, 0.2) is 35.5 Å². The number of carbonyl (C=O) groups excluding carboxylic acids is 1. The van der Waals surface area contributed by atoms with Crippen LogP contribution in [0.1, 0.15) is 87.5 Å². The van der Waals surface area contributed by atoms with Crippen LogP contribution >= 0.6 is 11.9 Å². The number of nitrogens with two attached hydrogens (primary N) is 1. The molecule has 0 aliphatic heterocycles. The van der Waals surface area contributed by atoms with E-state index in [2.05, 4.69) is 16.2 Å². The lowest BCUT2D eigenvalue weighted by molar-refractivity contribution is -0.134. The quantitative estimate of drug-likeness (QED) is 0.170. The molecule has 1 aromatic rings. The summed E-state index contributed by atoms with van der Waals surface area (Å²) in [5, 5.41) is 10.7. The first-order valence-corrected chi connectivity index (χ1v) is 11.4. The van der Waals surface area contributed by atoms with E-state index in [1.807, 2.05) is 12.2 Å². The van der Waals surface area contributed by atoms with E-state index in [0.29, 0.717) is 29.3 Å². The van der Waals surface area contributed by atoms with Gasteiger partial charge in [0.1, 0.15) is 11.9 Å². The smallest absolute Gasteiger partial charge is 0.404 e. The van der Waals surface area contributed by atoms with Gasteiger partial charge in [0.2, 0.25) is 0 Å².